The van der Waals surface area contributed by atoms with Crippen LogP contribution in [0.2, 0.25) is 5.02 Å². The highest BCUT2D eigenvalue weighted by Gasteiger charge is 2.61. The monoisotopic (exact) mass is 357 g/mol. The Balaban J connectivity index is 0.00000400. The van der Waals surface area contributed by atoms with Crippen molar-refractivity contribution in [3.8, 4) is 5.75 Å². The molecule has 1 rings (SSSR count). The van der Waals surface area contributed by atoms with Crippen LogP contribution in [0.3, 0.4) is 0 Å². The highest BCUT2D eigenvalue weighted by molar-refractivity contribution is 6.32. The first kappa shape index (κ1) is 20.1. The molecule has 0 spiro atoms. The van der Waals surface area contributed by atoms with Gasteiger partial charge in [-0.15, -0.1) is 12.4 Å². The van der Waals surface area contributed by atoms with Crippen molar-refractivity contribution in [2.24, 2.45) is 5.73 Å². The fourth-order valence-electron chi connectivity index (χ4n) is 1.43. The topological polar surface area (TPSA) is 35.2 Å². The predicted molar refractivity (Wildman–Crippen MR) is 67.8 cm³/mol. The fourth-order valence-corrected chi connectivity index (χ4v) is 1.70. The standard InChI is InChI=1S/C11H10ClF6NO.ClH/c1-2-20-8-6(12)3-5(4-7(8)13)9(19)10(14,15)11(16,17)18;/h3-4,9H,2,19H2,1H3;1H/t9-;/m0./s1. The molecule has 10 heteroatoms. The van der Waals surface area contributed by atoms with Gasteiger partial charge in [0.25, 0.3) is 0 Å². The van der Waals surface area contributed by atoms with Crippen molar-refractivity contribution in [2.75, 3.05) is 6.61 Å². The van der Waals surface area contributed by atoms with Crippen LogP contribution in [0.4, 0.5) is 26.3 Å². The van der Waals surface area contributed by atoms with Gasteiger partial charge in [-0.2, -0.15) is 22.0 Å². The second-order valence-electron chi connectivity index (χ2n) is 3.85. The fraction of sp³-hybridized carbons (Fsp3) is 0.455. The molecule has 0 saturated carbocycles. The van der Waals surface area contributed by atoms with Gasteiger partial charge in [0.15, 0.2) is 11.6 Å². The lowest BCUT2D eigenvalue weighted by Crippen LogP contribution is -2.45. The van der Waals surface area contributed by atoms with Crippen molar-refractivity contribution in [1.29, 1.82) is 0 Å². The summed E-state index contributed by atoms with van der Waals surface area (Å²) in [4.78, 5) is 0. The van der Waals surface area contributed by atoms with Gasteiger partial charge >= 0.3 is 12.1 Å². The minimum absolute atomic E-state index is 0. The molecule has 2 N–H and O–H groups in total. The third kappa shape index (κ3) is 4.08. The SMILES string of the molecule is CCOc1c(F)cc([C@H](N)C(F)(F)C(F)(F)F)cc1Cl.Cl. The minimum Gasteiger partial charge on any atom is -0.489 e. The Morgan fingerprint density at radius 1 is 1.24 bits per heavy atom. The summed E-state index contributed by atoms with van der Waals surface area (Å²) in [7, 11) is 0. The molecule has 0 heterocycles. The maximum absolute atomic E-state index is 13.6. The first-order valence-corrected chi connectivity index (χ1v) is 5.72. The van der Waals surface area contributed by atoms with E-state index < -0.39 is 40.3 Å². The van der Waals surface area contributed by atoms with E-state index in [4.69, 9.17) is 22.1 Å². The Kier molecular flexibility index (Phi) is 6.65. The summed E-state index contributed by atoms with van der Waals surface area (Å²) in [6, 6.07) is -1.61. The third-order valence-corrected chi connectivity index (χ3v) is 2.72. The molecule has 0 unspecified atom stereocenters. The van der Waals surface area contributed by atoms with E-state index in [1.165, 1.54) is 6.92 Å². The van der Waals surface area contributed by atoms with Crippen molar-refractivity contribution in [3.05, 3.63) is 28.5 Å². The van der Waals surface area contributed by atoms with Crippen LogP contribution in [-0.2, 0) is 0 Å². The summed E-state index contributed by atoms with van der Waals surface area (Å²) in [5, 5.41) is -0.435. The van der Waals surface area contributed by atoms with E-state index in [1.807, 2.05) is 0 Å². The van der Waals surface area contributed by atoms with Gasteiger partial charge in [-0.3, -0.25) is 0 Å². The number of hydrogen-bond acceptors (Lipinski definition) is 2. The molecule has 0 amide bonds. The lowest BCUT2D eigenvalue weighted by atomic mass is 10.0. The van der Waals surface area contributed by atoms with Crippen LogP contribution in [-0.4, -0.2) is 18.7 Å². The van der Waals surface area contributed by atoms with Crippen molar-refractivity contribution in [1.82, 2.24) is 0 Å². The molecule has 0 aromatic heterocycles. The second kappa shape index (κ2) is 6.93. The quantitative estimate of drug-likeness (QED) is 0.805. The highest BCUT2D eigenvalue weighted by atomic mass is 35.5. The number of hydrogen-bond donors (Lipinski definition) is 1. The summed E-state index contributed by atoms with van der Waals surface area (Å²) in [6.45, 7) is 1.56. The molecule has 0 saturated heterocycles. The third-order valence-electron chi connectivity index (χ3n) is 2.44. The Hall–Kier alpha value is -0.860. The number of nitrogens with two attached hydrogens (primary N) is 1. The Morgan fingerprint density at radius 3 is 2.14 bits per heavy atom. The van der Waals surface area contributed by atoms with E-state index in [0.29, 0.717) is 6.07 Å². The zero-order valence-corrected chi connectivity index (χ0v) is 12.1. The van der Waals surface area contributed by atoms with Crippen molar-refractivity contribution in [2.45, 2.75) is 25.1 Å². The van der Waals surface area contributed by atoms with Gasteiger partial charge in [-0.25, -0.2) is 4.39 Å². The normalized spacial score (nSPS) is 13.6. The van der Waals surface area contributed by atoms with Crippen LogP contribution in [0.1, 0.15) is 18.5 Å². The van der Waals surface area contributed by atoms with Gasteiger partial charge in [-0.1, -0.05) is 11.6 Å². The molecule has 0 aliphatic heterocycles. The Morgan fingerprint density at radius 2 is 1.76 bits per heavy atom. The largest absolute Gasteiger partial charge is 0.489 e. The van der Waals surface area contributed by atoms with Crippen LogP contribution < -0.4 is 10.5 Å². The molecule has 122 valence electrons. The van der Waals surface area contributed by atoms with E-state index in [9.17, 15) is 26.3 Å². The first-order valence-electron chi connectivity index (χ1n) is 5.34. The minimum atomic E-state index is -5.85. The van der Waals surface area contributed by atoms with Gasteiger partial charge < -0.3 is 10.5 Å². The zero-order valence-electron chi connectivity index (χ0n) is 10.5. The molecule has 2 nitrogen and oxygen atoms in total. The molecule has 0 fully saturated rings. The Bertz CT molecular complexity index is 471. The van der Waals surface area contributed by atoms with Crippen LogP contribution in [0.15, 0.2) is 12.1 Å². The zero-order chi connectivity index (χ0) is 15.7. The highest BCUT2D eigenvalue weighted by Crippen LogP contribution is 2.44. The molecular weight excluding hydrogens is 347 g/mol. The summed E-state index contributed by atoms with van der Waals surface area (Å²) < 4.78 is 81.1. The maximum atomic E-state index is 13.6. The van der Waals surface area contributed by atoms with Gasteiger partial charge in [0, 0.05) is 0 Å². The number of benzene rings is 1. The van der Waals surface area contributed by atoms with E-state index in [0.717, 1.165) is 6.07 Å². The summed E-state index contributed by atoms with van der Waals surface area (Å²) in [5.74, 6) is -6.81. The molecule has 0 aliphatic carbocycles. The number of halogens is 8. The average molecular weight is 358 g/mol. The van der Waals surface area contributed by atoms with Gasteiger partial charge in [0.2, 0.25) is 0 Å². The average Bonchev–Trinajstić information content (AvgIpc) is 2.31. The van der Waals surface area contributed by atoms with Gasteiger partial charge in [-0.05, 0) is 24.6 Å². The predicted octanol–water partition coefficient (Wildman–Crippen LogP) is 4.50. The number of rotatable bonds is 4. The second-order valence-corrected chi connectivity index (χ2v) is 4.25. The van der Waals surface area contributed by atoms with E-state index >= 15 is 0 Å². The molecule has 0 bridgehead atoms. The molecular formula is C11H11Cl2F6NO. The van der Waals surface area contributed by atoms with Crippen LogP contribution >= 0.6 is 24.0 Å². The van der Waals surface area contributed by atoms with E-state index in [2.05, 4.69) is 0 Å². The van der Waals surface area contributed by atoms with Crippen molar-refractivity contribution >= 4 is 24.0 Å². The smallest absolute Gasteiger partial charge is 0.455 e. The first-order chi connectivity index (χ1) is 9.02. The summed E-state index contributed by atoms with van der Waals surface area (Å²) >= 11 is 5.58. The van der Waals surface area contributed by atoms with Crippen LogP contribution in [0.25, 0.3) is 0 Å². The van der Waals surface area contributed by atoms with E-state index in [-0.39, 0.29) is 19.0 Å². The number of alkyl halides is 5. The van der Waals surface area contributed by atoms with Gasteiger partial charge in [0.1, 0.15) is 6.04 Å². The molecule has 1 aromatic carbocycles. The van der Waals surface area contributed by atoms with Crippen LogP contribution in [0, 0.1) is 5.82 Å². The van der Waals surface area contributed by atoms with E-state index in [1.54, 1.807) is 0 Å². The van der Waals surface area contributed by atoms with Crippen LogP contribution in [0.5, 0.6) is 5.75 Å². The molecule has 1 atom stereocenters. The summed E-state index contributed by atoms with van der Waals surface area (Å²) in [6.07, 6.45) is -5.85. The molecule has 21 heavy (non-hydrogen) atoms. The van der Waals surface area contributed by atoms with Crippen molar-refractivity contribution in [3.63, 3.8) is 0 Å². The summed E-state index contributed by atoms with van der Waals surface area (Å²) in [5.41, 5.74) is 4.11. The maximum Gasteiger partial charge on any atom is 0.455 e. The molecule has 0 aliphatic rings. The Labute approximate surface area is 127 Å². The molecule has 1 aromatic rings. The lowest BCUT2D eigenvalue weighted by Gasteiger charge is -2.26. The van der Waals surface area contributed by atoms with Crippen molar-refractivity contribution < 1.29 is 31.1 Å². The lowest BCUT2D eigenvalue weighted by molar-refractivity contribution is -0.291. The molecule has 0 radical (unpaired) electrons. The number of ether oxygens (including phenoxy) is 1. The van der Waals surface area contributed by atoms with Gasteiger partial charge in [0.05, 0.1) is 11.6 Å².